The lowest BCUT2D eigenvalue weighted by atomic mass is 9.94. The van der Waals surface area contributed by atoms with E-state index < -0.39 is 11.5 Å². The summed E-state index contributed by atoms with van der Waals surface area (Å²) >= 11 is 1.54. The molecule has 0 aliphatic carbocycles. The molecule has 0 atom stereocenters. The molecule has 0 saturated carbocycles. The van der Waals surface area contributed by atoms with Crippen molar-refractivity contribution >= 4 is 29.4 Å². The molecule has 2 aromatic rings. The van der Waals surface area contributed by atoms with E-state index in [0.717, 1.165) is 5.03 Å². The summed E-state index contributed by atoms with van der Waals surface area (Å²) in [5.41, 5.74) is 6.37. The minimum Gasteiger partial charge on any atom is -0.449 e. The van der Waals surface area contributed by atoms with Crippen molar-refractivity contribution in [3.63, 3.8) is 0 Å². The van der Waals surface area contributed by atoms with E-state index in [1.165, 1.54) is 6.07 Å². The Morgan fingerprint density at radius 2 is 2.10 bits per heavy atom. The Balaban J connectivity index is 1.28. The van der Waals surface area contributed by atoms with Gasteiger partial charge in [-0.25, -0.2) is 19.2 Å². The average Bonchev–Trinajstić information content (AvgIpc) is 2.72. The minimum absolute atomic E-state index is 0.194. The summed E-state index contributed by atoms with van der Waals surface area (Å²) in [5, 5.41) is 4.22. The highest BCUT2D eigenvalue weighted by atomic mass is 32.2. The number of fused-ring (bicyclic) bond motifs is 1. The zero-order valence-corrected chi connectivity index (χ0v) is 16.6. The van der Waals surface area contributed by atoms with Gasteiger partial charge in [0.1, 0.15) is 23.9 Å². The molecular formula is C20H22FN5O2S. The summed E-state index contributed by atoms with van der Waals surface area (Å²) in [5.74, 6) is 0.445. The number of rotatable bonds is 4. The number of nitrogens with two attached hydrogens (primary N) is 1. The summed E-state index contributed by atoms with van der Waals surface area (Å²) < 4.78 is 19.4. The van der Waals surface area contributed by atoms with Gasteiger partial charge in [-0.3, -0.25) is 0 Å². The summed E-state index contributed by atoms with van der Waals surface area (Å²) in [7, 11) is 0. The van der Waals surface area contributed by atoms with Crippen LogP contribution in [0.3, 0.4) is 0 Å². The molecule has 0 unspecified atom stereocenters. The van der Waals surface area contributed by atoms with Gasteiger partial charge in [0.2, 0.25) is 0 Å². The Labute approximate surface area is 172 Å². The van der Waals surface area contributed by atoms with Crippen LogP contribution >= 0.6 is 11.8 Å². The number of aromatic nitrogens is 1. The van der Waals surface area contributed by atoms with Crippen molar-refractivity contribution in [2.75, 3.05) is 30.8 Å². The molecule has 0 radical (unpaired) electrons. The van der Waals surface area contributed by atoms with Crippen LogP contribution in [0.4, 0.5) is 14.9 Å². The van der Waals surface area contributed by atoms with E-state index in [1.807, 2.05) is 18.2 Å². The molecule has 1 amide bonds. The predicted octanol–water partition coefficient (Wildman–Crippen LogP) is 3.07. The number of hydrogen-bond acceptors (Lipinski definition) is 7. The van der Waals surface area contributed by atoms with Crippen LogP contribution in [0.2, 0.25) is 0 Å². The van der Waals surface area contributed by atoms with Crippen LogP contribution in [0.15, 0.2) is 52.6 Å². The molecule has 0 bridgehead atoms. The first-order valence-corrected chi connectivity index (χ1v) is 10.4. The Kier molecular flexibility index (Phi) is 5.57. The number of amides is 1. The van der Waals surface area contributed by atoms with Gasteiger partial charge >= 0.3 is 6.09 Å². The molecule has 1 spiro atoms. The molecule has 2 aliphatic heterocycles. The maximum atomic E-state index is 14.0. The van der Waals surface area contributed by atoms with E-state index in [0.29, 0.717) is 49.5 Å². The topological polar surface area (TPSA) is 92.8 Å². The molecule has 1 saturated heterocycles. The van der Waals surface area contributed by atoms with Crippen LogP contribution < -0.4 is 11.1 Å². The fourth-order valence-electron chi connectivity index (χ4n) is 3.55. The lowest BCUT2D eigenvalue weighted by Crippen LogP contribution is -2.52. The standard InChI is InChI=1S/C20H22FN5O2S/c21-14-4-3-5-15-17(14)18(22)25-20(24-15)7-10-26(11-8-20)19(27)28-12-13-29-16-6-1-2-9-23-16/h1-6,9,24H,7-8,10-13H2,(H2,22,25). The van der Waals surface area contributed by atoms with Crippen LogP contribution in [0.25, 0.3) is 0 Å². The fourth-order valence-corrected chi connectivity index (χ4v) is 4.23. The molecular weight excluding hydrogens is 393 g/mol. The molecule has 1 aromatic heterocycles. The molecule has 152 valence electrons. The third-order valence-corrected chi connectivity index (χ3v) is 5.92. The summed E-state index contributed by atoms with van der Waals surface area (Å²) in [4.78, 5) is 22.8. The number of hydrogen-bond donors (Lipinski definition) is 2. The van der Waals surface area contributed by atoms with Crippen LogP contribution in [0.5, 0.6) is 0 Å². The maximum absolute atomic E-state index is 14.0. The molecule has 29 heavy (non-hydrogen) atoms. The van der Waals surface area contributed by atoms with Gasteiger partial charge in [0.25, 0.3) is 0 Å². The van der Waals surface area contributed by atoms with E-state index in [1.54, 1.807) is 35.0 Å². The van der Waals surface area contributed by atoms with Crippen LogP contribution in [0, 0.1) is 5.82 Å². The lowest BCUT2D eigenvalue weighted by molar-refractivity contribution is 0.0913. The second-order valence-corrected chi connectivity index (χ2v) is 8.05. The first kappa shape index (κ1) is 19.5. The average molecular weight is 415 g/mol. The largest absolute Gasteiger partial charge is 0.449 e. The van der Waals surface area contributed by atoms with Crippen molar-refractivity contribution < 1.29 is 13.9 Å². The van der Waals surface area contributed by atoms with Crippen molar-refractivity contribution in [2.24, 2.45) is 10.7 Å². The summed E-state index contributed by atoms with van der Waals surface area (Å²) in [6.07, 6.45) is 2.54. The number of carbonyl (C=O) groups excluding carboxylic acids is 1. The Morgan fingerprint density at radius 3 is 2.86 bits per heavy atom. The van der Waals surface area contributed by atoms with E-state index in [9.17, 15) is 9.18 Å². The molecule has 7 nitrogen and oxygen atoms in total. The van der Waals surface area contributed by atoms with Gasteiger partial charge in [-0.2, -0.15) is 0 Å². The minimum atomic E-state index is -0.615. The van der Waals surface area contributed by atoms with E-state index in [-0.39, 0.29) is 11.9 Å². The van der Waals surface area contributed by atoms with E-state index in [2.05, 4.69) is 15.3 Å². The van der Waals surface area contributed by atoms with Crippen molar-refractivity contribution in [3.8, 4) is 0 Å². The number of thioether (sulfide) groups is 1. The fraction of sp³-hybridized carbons (Fsp3) is 0.350. The predicted molar refractivity (Wildman–Crippen MR) is 111 cm³/mol. The zero-order valence-electron chi connectivity index (χ0n) is 15.8. The van der Waals surface area contributed by atoms with Gasteiger partial charge in [0.05, 0.1) is 10.6 Å². The van der Waals surface area contributed by atoms with Gasteiger partial charge < -0.3 is 20.7 Å². The number of ether oxygens (including phenoxy) is 1. The quantitative estimate of drug-likeness (QED) is 0.589. The van der Waals surface area contributed by atoms with E-state index in [4.69, 9.17) is 10.5 Å². The number of anilines is 1. The van der Waals surface area contributed by atoms with Gasteiger partial charge in [-0.15, -0.1) is 11.8 Å². The first-order chi connectivity index (χ1) is 14.1. The number of benzene rings is 1. The third kappa shape index (κ3) is 4.29. The van der Waals surface area contributed by atoms with Gasteiger partial charge in [0.15, 0.2) is 0 Å². The van der Waals surface area contributed by atoms with Crippen molar-refractivity contribution in [3.05, 3.63) is 54.0 Å². The normalized spacial score (nSPS) is 17.3. The molecule has 1 aromatic carbocycles. The molecule has 3 heterocycles. The van der Waals surface area contributed by atoms with Crippen LogP contribution in [0.1, 0.15) is 18.4 Å². The van der Waals surface area contributed by atoms with Gasteiger partial charge in [-0.05, 0) is 24.3 Å². The van der Waals surface area contributed by atoms with Crippen LogP contribution in [-0.4, -0.2) is 52.9 Å². The highest BCUT2D eigenvalue weighted by Crippen LogP contribution is 2.35. The summed E-state index contributed by atoms with van der Waals surface area (Å²) in [6, 6.07) is 10.5. The molecule has 2 aliphatic rings. The third-order valence-electron chi connectivity index (χ3n) is 5.02. The Hall–Kier alpha value is -2.81. The molecule has 9 heteroatoms. The Bertz CT molecular complexity index is 916. The second-order valence-electron chi connectivity index (χ2n) is 6.93. The van der Waals surface area contributed by atoms with Gasteiger partial charge in [-0.1, -0.05) is 12.1 Å². The lowest BCUT2D eigenvalue weighted by Gasteiger charge is -2.42. The monoisotopic (exact) mass is 415 g/mol. The van der Waals surface area contributed by atoms with Crippen molar-refractivity contribution in [2.45, 2.75) is 23.5 Å². The number of carbonyl (C=O) groups is 1. The number of likely N-dealkylation sites (tertiary alicyclic amines) is 1. The number of amidine groups is 1. The van der Waals surface area contributed by atoms with Crippen LogP contribution in [-0.2, 0) is 4.74 Å². The summed E-state index contributed by atoms with van der Waals surface area (Å²) in [6.45, 7) is 1.29. The van der Waals surface area contributed by atoms with Crippen molar-refractivity contribution in [1.82, 2.24) is 9.88 Å². The molecule has 3 N–H and O–H groups in total. The van der Waals surface area contributed by atoms with Crippen molar-refractivity contribution in [1.29, 1.82) is 0 Å². The van der Waals surface area contributed by atoms with Gasteiger partial charge in [0, 0.05) is 43.6 Å². The molecule has 1 fully saturated rings. The number of aliphatic imine (C=N–C) groups is 1. The Morgan fingerprint density at radius 1 is 1.28 bits per heavy atom. The SMILES string of the molecule is NC1=NC2(CCN(C(=O)OCCSc3ccccn3)CC2)Nc2cccc(F)c21. The highest BCUT2D eigenvalue weighted by Gasteiger charge is 2.39. The number of nitrogens with one attached hydrogen (secondary N) is 1. The number of piperidine rings is 1. The number of halogens is 1. The highest BCUT2D eigenvalue weighted by molar-refractivity contribution is 7.99. The molecule has 4 rings (SSSR count). The number of nitrogens with zero attached hydrogens (tertiary/aromatic N) is 3. The zero-order chi connectivity index (χ0) is 20.3. The first-order valence-electron chi connectivity index (χ1n) is 9.44. The van der Waals surface area contributed by atoms with E-state index >= 15 is 0 Å². The smallest absolute Gasteiger partial charge is 0.409 e. The number of pyridine rings is 1. The maximum Gasteiger partial charge on any atom is 0.409 e. The second kappa shape index (κ2) is 8.28.